The van der Waals surface area contributed by atoms with Crippen molar-refractivity contribution in [1.29, 1.82) is 0 Å². The summed E-state index contributed by atoms with van der Waals surface area (Å²) < 4.78 is 77.0. The van der Waals surface area contributed by atoms with Gasteiger partial charge in [-0.2, -0.15) is 21.6 Å². The zero-order valence-corrected chi connectivity index (χ0v) is 12.7. The van der Waals surface area contributed by atoms with Crippen molar-refractivity contribution in [1.82, 2.24) is 4.90 Å². The van der Waals surface area contributed by atoms with Gasteiger partial charge >= 0.3 is 21.7 Å². The van der Waals surface area contributed by atoms with Crippen molar-refractivity contribution in [3.63, 3.8) is 0 Å². The van der Waals surface area contributed by atoms with Crippen LogP contribution in [0.25, 0.3) is 0 Å². The van der Waals surface area contributed by atoms with Gasteiger partial charge in [-0.1, -0.05) is 20.8 Å². The van der Waals surface area contributed by atoms with E-state index in [1.54, 1.807) is 0 Å². The highest BCUT2D eigenvalue weighted by molar-refractivity contribution is 7.87. The Morgan fingerprint density at radius 2 is 1.86 bits per heavy atom. The van der Waals surface area contributed by atoms with Crippen LogP contribution >= 0.6 is 0 Å². The number of amides is 1. The highest BCUT2D eigenvalue weighted by Crippen LogP contribution is 2.38. The van der Waals surface area contributed by atoms with Crippen molar-refractivity contribution in [3.05, 3.63) is 12.0 Å². The molecule has 0 fully saturated rings. The average molecular weight is 349 g/mol. The van der Waals surface area contributed by atoms with Crippen LogP contribution in [0, 0.1) is 5.41 Å². The smallest absolute Gasteiger partial charge is 0.465 e. The molecule has 2 atom stereocenters. The average Bonchev–Trinajstić information content (AvgIpc) is 2.27. The number of allylic oxidation sites excluding steroid dienone is 1. The van der Waals surface area contributed by atoms with Crippen molar-refractivity contribution in [2.24, 2.45) is 5.41 Å². The molecule has 22 heavy (non-hydrogen) atoms. The van der Waals surface area contributed by atoms with Gasteiger partial charge in [-0.15, -0.1) is 0 Å². The summed E-state index contributed by atoms with van der Waals surface area (Å²) in [4.78, 5) is 11.4. The minimum atomic E-state index is -6.05. The van der Waals surface area contributed by atoms with Crippen LogP contribution in [0.1, 0.15) is 27.2 Å². The summed E-state index contributed by atoms with van der Waals surface area (Å²) in [6, 6.07) is -1.39. The second-order valence-corrected chi connectivity index (χ2v) is 7.28. The van der Waals surface area contributed by atoms with Gasteiger partial charge in [-0.05, 0) is 11.5 Å². The lowest BCUT2D eigenvalue weighted by atomic mass is 9.81. The van der Waals surface area contributed by atoms with E-state index in [-0.39, 0.29) is 4.90 Å². The largest absolute Gasteiger partial charge is 0.534 e. The lowest BCUT2D eigenvalue weighted by molar-refractivity contribution is -0.0559. The van der Waals surface area contributed by atoms with Crippen molar-refractivity contribution < 1.29 is 40.1 Å². The monoisotopic (exact) mass is 349 g/mol. The quantitative estimate of drug-likeness (QED) is 0.471. The Labute approximate surface area is 124 Å². The summed E-state index contributed by atoms with van der Waals surface area (Å²) in [6.07, 6.45) is -3.32. The summed E-state index contributed by atoms with van der Waals surface area (Å²) in [5.41, 5.74) is -6.72. The van der Waals surface area contributed by atoms with Crippen molar-refractivity contribution in [2.45, 2.75) is 44.9 Å². The number of alkyl halides is 4. The van der Waals surface area contributed by atoms with E-state index in [1.807, 2.05) is 0 Å². The van der Waals surface area contributed by atoms with Crippen molar-refractivity contribution >= 4 is 16.2 Å². The third-order valence-electron chi connectivity index (χ3n) is 2.95. The number of hydrogen-bond donors (Lipinski definition) is 1. The number of halogens is 4. The molecule has 6 nitrogen and oxygen atoms in total. The molecule has 1 aliphatic heterocycles. The normalized spacial score (nSPS) is 24.0. The molecule has 1 N–H and O–H groups in total. The van der Waals surface area contributed by atoms with E-state index in [4.69, 9.17) is 5.11 Å². The van der Waals surface area contributed by atoms with E-state index in [1.165, 1.54) is 20.8 Å². The van der Waals surface area contributed by atoms with Crippen LogP contribution < -0.4 is 0 Å². The molecular formula is C11H15F4NO5S. The van der Waals surface area contributed by atoms with Gasteiger partial charge in [0.1, 0.15) is 6.17 Å². The molecule has 128 valence electrons. The van der Waals surface area contributed by atoms with Gasteiger partial charge in [-0.3, -0.25) is 0 Å². The first-order valence-electron chi connectivity index (χ1n) is 6.05. The molecule has 1 aliphatic rings. The van der Waals surface area contributed by atoms with Gasteiger partial charge in [-0.25, -0.2) is 14.1 Å². The summed E-state index contributed by atoms with van der Waals surface area (Å²) >= 11 is 0. The topological polar surface area (TPSA) is 83.9 Å². The number of carboxylic acid groups (broad SMARTS) is 1. The lowest BCUT2D eigenvalue weighted by Gasteiger charge is -2.42. The number of rotatable bonds is 2. The van der Waals surface area contributed by atoms with Crippen LogP contribution in [0.15, 0.2) is 12.0 Å². The molecule has 0 aromatic heterocycles. The third kappa shape index (κ3) is 3.62. The molecule has 0 spiro atoms. The van der Waals surface area contributed by atoms with E-state index < -0.39 is 51.7 Å². The van der Waals surface area contributed by atoms with E-state index in [0.717, 1.165) is 0 Å². The Kier molecular flexibility index (Phi) is 4.71. The van der Waals surface area contributed by atoms with Gasteiger partial charge in [0.25, 0.3) is 0 Å². The number of hydrogen-bond acceptors (Lipinski definition) is 4. The number of carbonyl (C=O) groups is 1. The predicted octanol–water partition coefficient (Wildman–Crippen LogP) is 2.83. The van der Waals surface area contributed by atoms with Crippen LogP contribution in [-0.4, -0.2) is 42.2 Å². The molecule has 0 bridgehead atoms. The fourth-order valence-corrected chi connectivity index (χ4v) is 2.58. The molecule has 2 unspecified atom stereocenters. The Hall–Kier alpha value is -1.52. The fraction of sp³-hybridized carbons (Fsp3) is 0.727. The number of nitrogens with zero attached hydrogens (tertiary/aromatic N) is 1. The van der Waals surface area contributed by atoms with E-state index >= 15 is 0 Å². The molecule has 0 radical (unpaired) electrons. The van der Waals surface area contributed by atoms with Crippen LogP contribution in [0.2, 0.25) is 0 Å². The van der Waals surface area contributed by atoms with Crippen LogP contribution in [-0.2, 0) is 14.3 Å². The maximum atomic E-state index is 14.0. The minimum Gasteiger partial charge on any atom is -0.465 e. The Morgan fingerprint density at radius 3 is 2.23 bits per heavy atom. The van der Waals surface area contributed by atoms with Gasteiger partial charge < -0.3 is 9.29 Å². The highest BCUT2D eigenvalue weighted by atomic mass is 32.2. The Balaban J connectivity index is 3.28. The van der Waals surface area contributed by atoms with E-state index in [9.17, 15) is 30.8 Å². The van der Waals surface area contributed by atoms with Crippen molar-refractivity contribution in [2.75, 3.05) is 0 Å². The SMILES string of the molecule is CC(C)(C)C1C(F)CC=C(OS(=O)(=O)C(F)(F)F)N1C(=O)O. The maximum Gasteiger partial charge on any atom is 0.534 e. The lowest BCUT2D eigenvalue weighted by Crippen LogP contribution is -2.54. The first-order valence-corrected chi connectivity index (χ1v) is 7.46. The summed E-state index contributed by atoms with van der Waals surface area (Å²) in [7, 11) is -6.05. The van der Waals surface area contributed by atoms with E-state index in [0.29, 0.717) is 6.08 Å². The zero-order valence-electron chi connectivity index (χ0n) is 11.9. The predicted molar refractivity (Wildman–Crippen MR) is 66.8 cm³/mol. The first-order chi connectivity index (χ1) is 9.68. The highest BCUT2D eigenvalue weighted by Gasteiger charge is 2.52. The fourth-order valence-electron chi connectivity index (χ4n) is 2.12. The van der Waals surface area contributed by atoms with Gasteiger partial charge in [0.05, 0.1) is 6.04 Å². The summed E-state index contributed by atoms with van der Waals surface area (Å²) in [6.45, 7) is 4.42. The maximum absolute atomic E-state index is 14.0. The molecule has 1 rings (SSSR count). The molecule has 1 heterocycles. The molecule has 0 aromatic carbocycles. The van der Waals surface area contributed by atoms with Gasteiger partial charge in [0.2, 0.25) is 5.88 Å². The van der Waals surface area contributed by atoms with Crippen LogP contribution in [0.3, 0.4) is 0 Å². The van der Waals surface area contributed by atoms with Crippen LogP contribution in [0.5, 0.6) is 0 Å². The standard InChI is InChI=1S/C11H15F4NO5S/c1-10(2,3)8-6(12)4-5-7(16(8)9(17)18)21-22(19,20)11(13,14)15/h5-6,8H,4H2,1-3H3,(H,17,18). The molecular weight excluding hydrogens is 334 g/mol. The Bertz CT molecular complexity index is 578. The molecule has 0 aliphatic carbocycles. The molecule has 0 saturated heterocycles. The summed E-state index contributed by atoms with van der Waals surface area (Å²) in [5.74, 6) is -1.07. The van der Waals surface area contributed by atoms with Crippen molar-refractivity contribution in [3.8, 4) is 0 Å². The van der Waals surface area contributed by atoms with Gasteiger partial charge in [0, 0.05) is 6.42 Å². The second kappa shape index (κ2) is 5.60. The second-order valence-electron chi connectivity index (χ2n) is 5.74. The molecule has 0 saturated carbocycles. The van der Waals surface area contributed by atoms with Crippen LogP contribution in [0.4, 0.5) is 22.4 Å². The first kappa shape index (κ1) is 18.5. The minimum absolute atomic E-state index is 0.178. The molecule has 0 aromatic rings. The molecule has 11 heteroatoms. The summed E-state index contributed by atoms with van der Waals surface area (Å²) in [5, 5.41) is 9.12. The molecule has 1 amide bonds. The Morgan fingerprint density at radius 1 is 1.36 bits per heavy atom. The van der Waals surface area contributed by atoms with Gasteiger partial charge in [0.15, 0.2) is 0 Å². The zero-order chi connectivity index (χ0) is 17.5. The third-order valence-corrected chi connectivity index (χ3v) is 3.90. The van der Waals surface area contributed by atoms with E-state index in [2.05, 4.69) is 4.18 Å².